The highest BCUT2D eigenvalue weighted by Crippen LogP contribution is 2.44. The van der Waals surface area contributed by atoms with Gasteiger partial charge in [0.25, 0.3) is 5.91 Å². The lowest BCUT2D eigenvalue weighted by atomic mass is 9.79. The van der Waals surface area contributed by atoms with Crippen LogP contribution in [0.2, 0.25) is 0 Å². The Morgan fingerprint density at radius 3 is 2.48 bits per heavy atom. The van der Waals surface area contributed by atoms with E-state index in [-0.39, 0.29) is 17.7 Å². The molecule has 1 aromatic heterocycles. The van der Waals surface area contributed by atoms with Crippen molar-refractivity contribution in [2.45, 2.75) is 31.7 Å². The van der Waals surface area contributed by atoms with Gasteiger partial charge in [0.05, 0.1) is 26.2 Å². The second-order valence-electron chi connectivity index (χ2n) is 8.13. The molecule has 0 aliphatic carbocycles. The third kappa shape index (κ3) is 4.16. The number of carbonyl (C=O) groups excluding carboxylic acids is 2. The molecule has 0 spiro atoms. The van der Waals surface area contributed by atoms with Crippen LogP contribution >= 0.6 is 11.3 Å². The number of fused-ring (bicyclic) bond motifs is 1. The second-order valence-corrected chi connectivity index (χ2v) is 9.14. The number of likely N-dealkylation sites (N-methyl/N-ethyl adjacent to an activating group) is 1. The molecule has 0 unspecified atom stereocenters. The molecule has 1 aliphatic heterocycles. The molecule has 1 N–H and O–H groups in total. The van der Waals surface area contributed by atoms with Crippen LogP contribution in [0, 0.1) is 0 Å². The van der Waals surface area contributed by atoms with E-state index >= 15 is 0 Å². The third-order valence-corrected chi connectivity index (χ3v) is 6.92. The molecule has 3 aromatic rings. The zero-order chi connectivity index (χ0) is 23.7. The Morgan fingerprint density at radius 1 is 1.09 bits per heavy atom. The van der Waals surface area contributed by atoms with Crippen LogP contribution in [0.25, 0.3) is 0 Å². The summed E-state index contributed by atoms with van der Waals surface area (Å²) in [4.78, 5) is 28.5. The highest BCUT2D eigenvalue weighted by Gasteiger charge is 2.43. The molecule has 0 saturated carbocycles. The number of aromatic nitrogens is 2. The van der Waals surface area contributed by atoms with Crippen molar-refractivity contribution in [3.8, 4) is 11.5 Å². The van der Waals surface area contributed by atoms with Crippen LogP contribution < -0.4 is 14.8 Å². The number of ether oxygens (including phenoxy) is 2. The monoisotopic (exact) mass is 466 g/mol. The number of benzene rings is 2. The summed E-state index contributed by atoms with van der Waals surface area (Å²) >= 11 is 1.35. The van der Waals surface area contributed by atoms with Crippen LogP contribution in [0.1, 0.15) is 58.2 Å². The third-order valence-electron chi connectivity index (χ3n) is 5.78. The van der Waals surface area contributed by atoms with Crippen LogP contribution in [-0.2, 0) is 4.79 Å². The van der Waals surface area contributed by atoms with Crippen molar-refractivity contribution in [3.05, 3.63) is 64.2 Å². The predicted octanol–water partition coefficient (Wildman–Crippen LogP) is 4.23. The smallest absolute Gasteiger partial charge is 0.254 e. The summed E-state index contributed by atoms with van der Waals surface area (Å²) in [6.07, 6.45) is 0. The minimum Gasteiger partial charge on any atom is -0.493 e. The van der Waals surface area contributed by atoms with Gasteiger partial charge in [0, 0.05) is 18.5 Å². The van der Waals surface area contributed by atoms with Crippen LogP contribution in [-0.4, -0.2) is 48.2 Å². The number of nitrogens with zero attached hydrogens (tertiary/aromatic N) is 3. The Labute approximate surface area is 196 Å². The zero-order valence-electron chi connectivity index (χ0n) is 19.2. The Hall–Kier alpha value is -3.46. The largest absolute Gasteiger partial charge is 0.493 e. The summed E-state index contributed by atoms with van der Waals surface area (Å²) in [5.41, 5.74) is 1.95. The molecule has 2 atom stereocenters. The van der Waals surface area contributed by atoms with Crippen LogP contribution in [0.3, 0.4) is 0 Å². The van der Waals surface area contributed by atoms with Crippen molar-refractivity contribution in [3.63, 3.8) is 0 Å². The van der Waals surface area contributed by atoms with Crippen molar-refractivity contribution in [1.29, 1.82) is 0 Å². The number of hydrogen-bond donors (Lipinski definition) is 1. The second kappa shape index (κ2) is 9.19. The van der Waals surface area contributed by atoms with Crippen molar-refractivity contribution in [2.75, 3.05) is 26.6 Å². The van der Waals surface area contributed by atoms with Crippen LogP contribution in [0.5, 0.6) is 11.5 Å². The average Bonchev–Trinajstić information content (AvgIpc) is 3.29. The lowest BCUT2D eigenvalue weighted by Crippen LogP contribution is -2.44. The van der Waals surface area contributed by atoms with Gasteiger partial charge in [-0.25, -0.2) is 0 Å². The molecule has 4 rings (SSSR count). The summed E-state index contributed by atoms with van der Waals surface area (Å²) in [5, 5.41) is 12.5. The number of carbonyl (C=O) groups is 2. The lowest BCUT2D eigenvalue weighted by Gasteiger charge is -2.39. The van der Waals surface area contributed by atoms with Gasteiger partial charge in [0.15, 0.2) is 11.5 Å². The summed E-state index contributed by atoms with van der Waals surface area (Å²) in [6.45, 7) is 4.05. The zero-order valence-corrected chi connectivity index (χ0v) is 20.0. The maximum absolute atomic E-state index is 13.7. The van der Waals surface area contributed by atoms with E-state index in [0.717, 1.165) is 10.6 Å². The molecular formula is C24H26N4O4S. The molecule has 0 radical (unpaired) electrons. The molecule has 33 heavy (non-hydrogen) atoms. The van der Waals surface area contributed by atoms with Crippen LogP contribution in [0.4, 0.5) is 5.13 Å². The standard InChI is InChI=1S/C24H26N4O4S/c1-13(2)22-26-27-24(33-22)25-21(29)19-15-8-6-7-9-16(15)23(30)28(3)20(19)14-10-11-17(31-4)18(12-14)32-5/h6-13,19-20H,1-5H3,(H,25,27,29)/t19-,20+/m0/s1. The van der Waals surface area contributed by atoms with E-state index < -0.39 is 12.0 Å². The maximum atomic E-state index is 13.7. The number of methoxy groups -OCH3 is 2. The van der Waals surface area contributed by atoms with Gasteiger partial charge in [-0.05, 0) is 29.3 Å². The lowest BCUT2D eigenvalue weighted by molar-refractivity contribution is -0.119. The highest BCUT2D eigenvalue weighted by atomic mass is 32.1. The molecule has 2 amide bonds. The molecule has 0 saturated heterocycles. The van der Waals surface area contributed by atoms with Crippen LogP contribution in [0.15, 0.2) is 42.5 Å². The first-order valence-electron chi connectivity index (χ1n) is 10.6. The van der Waals surface area contributed by atoms with Gasteiger partial charge in [-0.15, -0.1) is 10.2 Å². The van der Waals surface area contributed by atoms with Gasteiger partial charge >= 0.3 is 0 Å². The summed E-state index contributed by atoms with van der Waals surface area (Å²) < 4.78 is 10.8. The fraction of sp³-hybridized carbons (Fsp3) is 0.333. The van der Waals surface area contributed by atoms with Crippen molar-refractivity contribution in [1.82, 2.24) is 15.1 Å². The molecule has 0 fully saturated rings. The molecule has 9 heteroatoms. The molecule has 1 aliphatic rings. The first kappa shape index (κ1) is 22.7. The quantitative estimate of drug-likeness (QED) is 0.584. The summed E-state index contributed by atoms with van der Waals surface area (Å²) in [6, 6.07) is 12.1. The van der Waals surface area contributed by atoms with E-state index in [0.29, 0.717) is 27.8 Å². The Morgan fingerprint density at radius 2 is 1.82 bits per heavy atom. The SMILES string of the molecule is COc1ccc([C@@H]2[C@@H](C(=O)Nc3nnc(C(C)C)s3)c3ccccc3C(=O)N2C)cc1OC. The van der Waals surface area contributed by atoms with Crippen molar-refractivity contribution in [2.24, 2.45) is 0 Å². The summed E-state index contributed by atoms with van der Waals surface area (Å²) in [5.74, 6) is 0.253. The first-order chi connectivity index (χ1) is 15.8. The molecule has 8 nitrogen and oxygen atoms in total. The van der Waals surface area contributed by atoms with Gasteiger partial charge in [0.2, 0.25) is 11.0 Å². The minimum absolute atomic E-state index is 0.146. The van der Waals surface area contributed by atoms with Crippen molar-refractivity contribution < 1.29 is 19.1 Å². The number of rotatable bonds is 6. The Kier molecular flexibility index (Phi) is 6.33. The molecule has 2 aromatic carbocycles. The fourth-order valence-electron chi connectivity index (χ4n) is 4.11. The average molecular weight is 467 g/mol. The molecule has 2 heterocycles. The number of amides is 2. The van der Waals surface area contributed by atoms with E-state index in [4.69, 9.17) is 9.47 Å². The van der Waals surface area contributed by atoms with Gasteiger partial charge in [-0.3, -0.25) is 14.9 Å². The summed E-state index contributed by atoms with van der Waals surface area (Å²) in [7, 11) is 4.83. The number of nitrogens with one attached hydrogen (secondary N) is 1. The van der Waals surface area contributed by atoms with E-state index in [1.165, 1.54) is 11.3 Å². The van der Waals surface area contributed by atoms with Gasteiger partial charge in [-0.1, -0.05) is 49.4 Å². The topological polar surface area (TPSA) is 93.7 Å². The normalized spacial score (nSPS) is 17.6. The van der Waals surface area contributed by atoms with Crippen molar-refractivity contribution >= 4 is 28.3 Å². The predicted molar refractivity (Wildman–Crippen MR) is 126 cm³/mol. The minimum atomic E-state index is -0.659. The van der Waals surface area contributed by atoms with E-state index in [9.17, 15) is 9.59 Å². The number of hydrogen-bond acceptors (Lipinski definition) is 7. The van der Waals surface area contributed by atoms with E-state index in [2.05, 4.69) is 15.5 Å². The molecular weight excluding hydrogens is 440 g/mol. The molecule has 0 bridgehead atoms. The maximum Gasteiger partial charge on any atom is 0.254 e. The Balaban J connectivity index is 1.79. The van der Waals surface area contributed by atoms with Gasteiger partial charge in [-0.2, -0.15) is 0 Å². The van der Waals surface area contributed by atoms with E-state index in [1.54, 1.807) is 44.4 Å². The van der Waals surface area contributed by atoms with Gasteiger partial charge < -0.3 is 14.4 Å². The fourth-order valence-corrected chi connectivity index (χ4v) is 4.86. The molecule has 172 valence electrons. The van der Waals surface area contributed by atoms with Gasteiger partial charge in [0.1, 0.15) is 5.01 Å². The number of anilines is 1. The first-order valence-corrected chi connectivity index (χ1v) is 11.4. The highest BCUT2D eigenvalue weighted by molar-refractivity contribution is 7.15. The van der Waals surface area contributed by atoms with E-state index in [1.807, 2.05) is 38.1 Å². The Bertz CT molecular complexity index is 1190.